The van der Waals surface area contributed by atoms with Gasteiger partial charge in [-0.05, 0) is 40.2 Å². The lowest BCUT2D eigenvalue weighted by Crippen LogP contribution is -2.98. The summed E-state index contributed by atoms with van der Waals surface area (Å²) in [5, 5.41) is 4.90. The number of hydrogen-bond donors (Lipinski definition) is 2. The molecule has 3 N–H and O–H groups in total. The van der Waals surface area contributed by atoms with Gasteiger partial charge in [0.1, 0.15) is 11.8 Å². The van der Waals surface area contributed by atoms with Gasteiger partial charge in [-0.25, -0.2) is 0 Å². The molecule has 3 aliphatic heterocycles. The molecule has 3 amide bonds. The fourth-order valence-corrected chi connectivity index (χ4v) is 4.97. The van der Waals surface area contributed by atoms with Gasteiger partial charge in [0.25, 0.3) is 5.91 Å². The predicted molar refractivity (Wildman–Crippen MR) is 91.5 cm³/mol. The van der Waals surface area contributed by atoms with E-state index >= 15 is 0 Å². The van der Waals surface area contributed by atoms with Crippen LogP contribution in [-0.2, 0) is 19.9 Å². The van der Waals surface area contributed by atoms with E-state index in [4.69, 9.17) is 0 Å². The molecule has 132 valence electrons. The summed E-state index contributed by atoms with van der Waals surface area (Å²) in [5.41, 5.74) is 0.943. The third-order valence-corrected chi connectivity index (χ3v) is 5.94. The number of fused-ring (bicyclic) bond motifs is 4. The molecular formula is C19H24N3O3+. The average molecular weight is 342 g/mol. The highest BCUT2D eigenvalue weighted by molar-refractivity contribution is 6.14. The predicted octanol–water partition coefficient (Wildman–Crippen LogP) is 0.508. The van der Waals surface area contributed by atoms with Gasteiger partial charge in [-0.2, -0.15) is 0 Å². The van der Waals surface area contributed by atoms with Crippen LogP contribution >= 0.6 is 0 Å². The number of anilines is 1. The molecule has 0 bridgehead atoms. The lowest BCUT2D eigenvalue weighted by molar-refractivity contribution is -0.730. The van der Waals surface area contributed by atoms with E-state index in [1.54, 1.807) is 0 Å². The van der Waals surface area contributed by atoms with Gasteiger partial charge in [0.05, 0.1) is 11.7 Å². The molecular weight excluding hydrogens is 318 g/mol. The highest BCUT2D eigenvalue weighted by atomic mass is 16.2. The number of likely N-dealkylation sites (tertiary alicyclic amines) is 1. The first-order valence-electron chi connectivity index (χ1n) is 8.76. The molecule has 0 saturated carbocycles. The maximum atomic E-state index is 13.3. The minimum absolute atomic E-state index is 0.133. The second-order valence-corrected chi connectivity index (χ2v) is 8.53. The second-order valence-electron chi connectivity index (χ2n) is 8.53. The quantitative estimate of drug-likeness (QED) is 0.674. The van der Waals surface area contributed by atoms with Crippen molar-refractivity contribution in [2.75, 3.05) is 5.32 Å². The van der Waals surface area contributed by atoms with Crippen LogP contribution < -0.4 is 10.6 Å². The lowest BCUT2D eigenvalue weighted by atomic mass is 9.76. The lowest BCUT2D eigenvalue weighted by Gasteiger charge is -2.33. The van der Waals surface area contributed by atoms with Crippen LogP contribution in [0.15, 0.2) is 18.2 Å². The van der Waals surface area contributed by atoms with Crippen molar-refractivity contribution in [2.24, 2.45) is 11.8 Å². The second kappa shape index (κ2) is 4.69. The fraction of sp³-hybridized carbons (Fsp3) is 0.526. The Labute approximate surface area is 147 Å². The molecule has 2 fully saturated rings. The van der Waals surface area contributed by atoms with Crippen LogP contribution in [-0.4, -0.2) is 34.2 Å². The number of amides is 3. The molecule has 4 rings (SSSR count). The molecule has 3 aliphatic rings. The Balaban J connectivity index is 1.93. The third kappa shape index (κ3) is 1.80. The van der Waals surface area contributed by atoms with Gasteiger partial charge in [0.15, 0.2) is 0 Å². The first-order valence-corrected chi connectivity index (χ1v) is 8.76. The Morgan fingerprint density at radius 2 is 1.84 bits per heavy atom. The SMILES string of the molecule is Cc1cccc2c1NC(=O)[C@]21[NH2+][C@@H](C)[C@H]2C(=O)N(C(C)(C)C)C(=O)[C@H]21. The van der Waals surface area contributed by atoms with Crippen molar-refractivity contribution < 1.29 is 19.7 Å². The number of para-hydroxylation sites is 1. The molecule has 0 unspecified atom stereocenters. The first kappa shape index (κ1) is 16.3. The molecule has 6 nitrogen and oxygen atoms in total. The summed E-state index contributed by atoms with van der Waals surface area (Å²) in [6, 6.07) is 5.62. The summed E-state index contributed by atoms with van der Waals surface area (Å²) in [6.07, 6.45) is 0. The maximum Gasteiger partial charge on any atom is 0.291 e. The van der Waals surface area contributed by atoms with E-state index in [0.29, 0.717) is 0 Å². The van der Waals surface area contributed by atoms with Crippen LogP contribution in [0.4, 0.5) is 5.69 Å². The number of nitrogens with two attached hydrogens (primary N) is 1. The minimum Gasteiger partial charge on any atom is -0.326 e. The summed E-state index contributed by atoms with van der Waals surface area (Å²) in [7, 11) is 0. The van der Waals surface area contributed by atoms with Gasteiger partial charge in [0.2, 0.25) is 17.4 Å². The number of benzene rings is 1. The smallest absolute Gasteiger partial charge is 0.291 e. The van der Waals surface area contributed by atoms with Crippen LogP contribution in [0.2, 0.25) is 0 Å². The molecule has 6 heteroatoms. The molecule has 0 aliphatic carbocycles. The van der Waals surface area contributed by atoms with Crippen molar-refractivity contribution in [3.05, 3.63) is 29.3 Å². The molecule has 0 radical (unpaired) electrons. The van der Waals surface area contributed by atoms with Crippen LogP contribution in [0.5, 0.6) is 0 Å². The largest absolute Gasteiger partial charge is 0.326 e. The number of hydrogen-bond acceptors (Lipinski definition) is 3. The van der Waals surface area contributed by atoms with Gasteiger partial charge in [-0.1, -0.05) is 18.2 Å². The number of carbonyl (C=O) groups excluding carboxylic acids is 3. The Kier molecular flexibility index (Phi) is 3.06. The van der Waals surface area contributed by atoms with E-state index in [1.165, 1.54) is 4.90 Å². The number of quaternary nitrogens is 1. The monoisotopic (exact) mass is 342 g/mol. The number of nitrogens with one attached hydrogen (secondary N) is 1. The molecule has 4 atom stereocenters. The summed E-state index contributed by atoms with van der Waals surface area (Å²) >= 11 is 0. The highest BCUT2D eigenvalue weighted by Crippen LogP contribution is 2.50. The van der Waals surface area contributed by atoms with E-state index in [0.717, 1.165) is 16.8 Å². The van der Waals surface area contributed by atoms with E-state index in [-0.39, 0.29) is 23.8 Å². The summed E-state index contributed by atoms with van der Waals surface area (Å²) < 4.78 is 0. The van der Waals surface area contributed by atoms with Crippen molar-refractivity contribution in [3.63, 3.8) is 0 Å². The Morgan fingerprint density at radius 1 is 1.16 bits per heavy atom. The van der Waals surface area contributed by atoms with Crippen molar-refractivity contribution in [2.45, 2.75) is 51.7 Å². The topological polar surface area (TPSA) is 83.1 Å². The van der Waals surface area contributed by atoms with E-state index < -0.39 is 22.9 Å². The molecule has 25 heavy (non-hydrogen) atoms. The van der Waals surface area contributed by atoms with E-state index in [9.17, 15) is 14.4 Å². The maximum absolute atomic E-state index is 13.3. The Hall–Kier alpha value is -2.21. The summed E-state index contributed by atoms with van der Waals surface area (Å²) in [5.74, 6) is -1.70. The van der Waals surface area contributed by atoms with Crippen molar-refractivity contribution in [1.82, 2.24) is 4.90 Å². The van der Waals surface area contributed by atoms with Crippen molar-refractivity contribution in [1.29, 1.82) is 0 Å². The minimum atomic E-state index is -1.04. The molecule has 3 heterocycles. The molecule has 2 saturated heterocycles. The normalized spacial score (nSPS) is 33.9. The molecule has 1 aromatic rings. The van der Waals surface area contributed by atoms with Gasteiger partial charge in [-0.3, -0.25) is 19.3 Å². The number of carbonyl (C=O) groups is 3. The zero-order valence-corrected chi connectivity index (χ0v) is 15.2. The van der Waals surface area contributed by atoms with Gasteiger partial charge < -0.3 is 10.6 Å². The van der Waals surface area contributed by atoms with Crippen molar-refractivity contribution >= 4 is 23.4 Å². The first-order chi connectivity index (χ1) is 11.6. The summed E-state index contributed by atoms with van der Waals surface area (Å²) in [6.45, 7) is 9.45. The van der Waals surface area contributed by atoms with Gasteiger partial charge >= 0.3 is 0 Å². The number of imide groups is 1. The fourth-order valence-electron chi connectivity index (χ4n) is 4.97. The number of aryl methyl sites for hydroxylation is 1. The summed E-state index contributed by atoms with van der Waals surface area (Å²) in [4.78, 5) is 40.8. The van der Waals surface area contributed by atoms with E-state index in [2.05, 4.69) is 5.32 Å². The Bertz CT molecular complexity index is 826. The van der Waals surface area contributed by atoms with E-state index in [1.807, 2.05) is 58.1 Å². The highest BCUT2D eigenvalue weighted by Gasteiger charge is 2.74. The van der Waals surface area contributed by atoms with Crippen LogP contribution in [0.1, 0.15) is 38.8 Å². The van der Waals surface area contributed by atoms with Gasteiger partial charge in [-0.15, -0.1) is 0 Å². The van der Waals surface area contributed by atoms with Crippen LogP contribution in [0, 0.1) is 18.8 Å². The molecule has 1 spiro atoms. The average Bonchev–Trinajstić information content (AvgIpc) is 3.05. The van der Waals surface area contributed by atoms with Gasteiger partial charge in [0, 0.05) is 11.1 Å². The van der Waals surface area contributed by atoms with Crippen LogP contribution in [0.3, 0.4) is 0 Å². The van der Waals surface area contributed by atoms with Crippen molar-refractivity contribution in [3.8, 4) is 0 Å². The zero-order chi connectivity index (χ0) is 18.3. The number of nitrogens with zero attached hydrogens (tertiary/aromatic N) is 1. The molecule has 0 aromatic heterocycles. The number of rotatable bonds is 0. The standard InChI is InChI=1S/C19H23N3O3/c1-9-7-6-8-11-14(9)20-17(25)19(11)13-12(10(2)21-19)15(23)22(16(13)24)18(3,4)5/h6-8,10,12-13,21H,1-5H3,(H,20,25)/p+1/t10-,12+,13-,19-/m0/s1. The zero-order valence-electron chi connectivity index (χ0n) is 15.2. The van der Waals surface area contributed by atoms with Crippen LogP contribution in [0.25, 0.3) is 0 Å². The molecule has 1 aromatic carbocycles. The Morgan fingerprint density at radius 3 is 2.48 bits per heavy atom. The third-order valence-electron chi connectivity index (χ3n) is 5.94.